The van der Waals surface area contributed by atoms with Crippen molar-refractivity contribution in [2.75, 3.05) is 13.2 Å². The predicted molar refractivity (Wildman–Crippen MR) is 179 cm³/mol. The third kappa shape index (κ3) is 12.9. The number of primary amides is 1. The lowest BCUT2D eigenvalue weighted by Crippen LogP contribution is -2.62. The van der Waals surface area contributed by atoms with Crippen LogP contribution in [0.3, 0.4) is 0 Å². The average Bonchev–Trinajstić information content (AvgIpc) is 3.05. The van der Waals surface area contributed by atoms with E-state index in [0.29, 0.717) is 12.0 Å². The average molecular weight is 705 g/mol. The summed E-state index contributed by atoms with van der Waals surface area (Å²) in [5, 5.41) is 34.4. The first-order valence-corrected chi connectivity index (χ1v) is 16.1. The summed E-state index contributed by atoms with van der Waals surface area (Å²) in [6, 6.07) is -2.64. The van der Waals surface area contributed by atoms with E-state index in [2.05, 4.69) is 36.9 Å². The van der Waals surface area contributed by atoms with E-state index < -0.39 is 96.5 Å². The van der Waals surface area contributed by atoms with Gasteiger partial charge in [0.05, 0.1) is 13.0 Å². The molecule has 276 valence electrons. The van der Waals surface area contributed by atoms with Crippen molar-refractivity contribution < 1.29 is 43.8 Å². The summed E-state index contributed by atoms with van der Waals surface area (Å²) < 4.78 is 0. The molecule has 50 heavy (non-hydrogen) atoms. The molecule has 7 amide bonds. The number of aliphatic imine (C=N–C) groups is 1. The number of nitrogens with zero attached hydrogens (tertiary/aromatic N) is 1. The van der Waals surface area contributed by atoms with Gasteiger partial charge >= 0.3 is 0 Å². The van der Waals surface area contributed by atoms with E-state index in [-0.39, 0.29) is 37.5 Å². The molecular weight excluding hydrogens is 656 g/mol. The summed E-state index contributed by atoms with van der Waals surface area (Å²) in [6.07, 6.45) is -0.380. The maximum Gasteiger partial charge on any atom is 0.245 e. The molecule has 1 aliphatic heterocycles. The molecule has 1 aliphatic rings. The van der Waals surface area contributed by atoms with Crippen LogP contribution in [0.5, 0.6) is 5.75 Å². The highest BCUT2D eigenvalue weighted by Crippen LogP contribution is 2.14. The summed E-state index contributed by atoms with van der Waals surface area (Å²) >= 11 is 0. The van der Waals surface area contributed by atoms with E-state index in [1.807, 2.05) is 0 Å². The molecule has 1 heterocycles. The van der Waals surface area contributed by atoms with Crippen molar-refractivity contribution in [2.24, 2.45) is 28.1 Å². The number of carbonyl (C=O) groups excluding carboxylic acids is 7. The number of aliphatic hydroxyl groups is 1. The Morgan fingerprint density at radius 3 is 1.90 bits per heavy atom. The maximum atomic E-state index is 13.8. The van der Waals surface area contributed by atoms with E-state index in [1.54, 1.807) is 13.8 Å². The molecule has 14 N–H and O–H groups in total. The minimum atomic E-state index is -1.63. The third-order valence-corrected chi connectivity index (χ3v) is 7.99. The first-order chi connectivity index (χ1) is 23.6. The topological polar surface area (TPSA) is 323 Å². The zero-order chi connectivity index (χ0) is 37.5. The molecule has 19 heteroatoms. The van der Waals surface area contributed by atoms with Gasteiger partial charge in [0.15, 0.2) is 5.96 Å². The van der Waals surface area contributed by atoms with Gasteiger partial charge in [0.1, 0.15) is 42.0 Å². The fourth-order valence-electron chi connectivity index (χ4n) is 4.89. The molecule has 2 rings (SSSR count). The first-order valence-electron chi connectivity index (χ1n) is 16.1. The van der Waals surface area contributed by atoms with Crippen molar-refractivity contribution in [1.29, 1.82) is 0 Å². The van der Waals surface area contributed by atoms with Crippen molar-refractivity contribution in [3.63, 3.8) is 0 Å². The smallest absolute Gasteiger partial charge is 0.245 e. The lowest BCUT2D eigenvalue weighted by Gasteiger charge is -2.29. The quantitative estimate of drug-likeness (QED) is 0.0597. The molecule has 0 bridgehead atoms. The van der Waals surface area contributed by atoms with Crippen LogP contribution in [0.2, 0.25) is 0 Å². The highest BCUT2D eigenvalue weighted by molar-refractivity contribution is 5.99. The monoisotopic (exact) mass is 704 g/mol. The lowest BCUT2D eigenvalue weighted by atomic mass is 9.96. The van der Waals surface area contributed by atoms with Crippen LogP contribution in [0.1, 0.15) is 52.0 Å². The lowest BCUT2D eigenvalue weighted by molar-refractivity contribution is -0.137. The summed E-state index contributed by atoms with van der Waals surface area (Å²) in [5.41, 5.74) is 16.6. The molecule has 0 unspecified atom stereocenters. The van der Waals surface area contributed by atoms with Crippen LogP contribution in [0.15, 0.2) is 29.3 Å². The largest absolute Gasteiger partial charge is 0.508 e. The van der Waals surface area contributed by atoms with Crippen LogP contribution in [-0.2, 0) is 40.0 Å². The maximum absolute atomic E-state index is 13.8. The molecule has 1 fully saturated rings. The fraction of sp³-hybridized carbons (Fsp3) is 0.548. The number of nitrogens with two attached hydrogens (primary N) is 3. The highest BCUT2D eigenvalue weighted by atomic mass is 16.3. The van der Waals surface area contributed by atoms with E-state index in [9.17, 15) is 43.8 Å². The van der Waals surface area contributed by atoms with E-state index in [4.69, 9.17) is 17.2 Å². The third-order valence-electron chi connectivity index (χ3n) is 7.99. The van der Waals surface area contributed by atoms with Crippen LogP contribution in [-0.4, -0.2) is 107 Å². The fourth-order valence-corrected chi connectivity index (χ4v) is 4.89. The number of phenolic OH excluding ortho intramolecular Hbond substituents is 1. The zero-order valence-electron chi connectivity index (χ0n) is 28.2. The predicted octanol–water partition coefficient (Wildman–Crippen LogP) is -4.16. The number of rotatable bonds is 11. The number of carbonyl (C=O) groups is 7. The Hall–Kier alpha value is -5.46. The second-order valence-electron chi connectivity index (χ2n) is 12.0. The van der Waals surface area contributed by atoms with Gasteiger partial charge in [0, 0.05) is 13.0 Å². The molecule has 7 atom stereocenters. The van der Waals surface area contributed by atoms with Crippen molar-refractivity contribution >= 4 is 47.3 Å². The minimum absolute atomic E-state index is 0.0481. The van der Waals surface area contributed by atoms with Gasteiger partial charge in [-0.15, -0.1) is 0 Å². The van der Waals surface area contributed by atoms with Crippen molar-refractivity contribution in [3.05, 3.63) is 29.8 Å². The number of benzene rings is 1. The van der Waals surface area contributed by atoms with Crippen molar-refractivity contribution in [2.45, 2.75) is 89.1 Å². The van der Waals surface area contributed by atoms with Crippen molar-refractivity contribution in [3.8, 4) is 5.75 Å². The molecule has 1 aromatic rings. The number of aliphatic hydroxyl groups excluding tert-OH is 1. The highest BCUT2D eigenvalue weighted by Gasteiger charge is 2.35. The Morgan fingerprint density at radius 2 is 1.32 bits per heavy atom. The van der Waals surface area contributed by atoms with Gasteiger partial charge in [-0.3, -0.25) is 38.6 Å². The minimum Gasteiger partial charge on any atom is -0.508 e. The van der Waals surface area contributed by atoms with Crippen LogP contribution < -0.4 is 49.1 Å². The van der Waals surface area contributed by atoms with E-state index in [0.717, 1.165) is 0 Å². The number of nitrogens with one attached hydrogen (secondary N) is 6. The number of amides is 7. The summed E-state index contributed by atoms with van der Waals surface area (Å²) in [4.78, 5) is 96.5. The van der Waals surface area contributed by atoms with Crippen LogP contribution in [0.25, 0.3) is 0 Å². The van der Waals surface area contributed by atoms with Gasteiger partial charge in [-0.25, -0.2) is 0 Å². The van der Waals surface area contributed by atoms with Gasteiger partial charge in [0.25, 0.3) is 0 Å². The number of guanidine groups is 1. The Bertz CT molecular complexity index is 1420. The first kappa shape index (κ1) is 40.7. The Kier molecular flexibility index (Phi) is 15.9. The molecule has 1 saturated heterocycles. The summed E-state index contributed by atoms with van der Waals surface area (Å²) in [7, 11) is 0. The molecule has 0 radical (unpaired) electrons. The van der Waals surface area contributed by atoms with Gasteiger partial charge in [-0.1, -0.05) is 32.4 Å². The van der Waals surface area contributed by atoms with Gasteiger partial charge in [-0.2, -0.15) is 0 Å². The molecule has 0 aromatic heterocycles. The number of aromatic hydroxyl groups is 1. The molecule has 1 aromatic carbocycles. The van der Waals surface area contributed by atoms with Crippen LogP contribution >= 0.6 is 0 Å². The molecule has 0 spiro atoms. The van der Waals surface area contributed by atoms with Gasteiger partial charge in [0.2, 0.25) is 41.4 Å². The summed E-state index contributed by atoms with van der Waals surface area (Å²) in [6.45, 7) is 3.96. The molecule has 0 aliphatic carbocycles. The summed E-state index contributed by atoms with van der Waals surface area (Å²) in [5.74, 6) is -7.01. The number of phenols is 1. The van der Waals surface area contributed by atoms with Crippen LogP contribution in [0.4, 0.5) is 0 Å². The normalized spacial score (nSPS) is 24.9. The van der Waals surface area contributed by atoms with Crippen LogP contribution in [0, 0.1) is 5.92 Å². The second kappa shape index (κ2) is 19.5. The number of hydrogen-bond acceptors (Lipinski definition) is 10. The Balaban J connectivity index is 2.60. The molecule has 19 nitrogen and oxygen atoms in total. The SMILES string of the molecule is CC[C@H](C)[C@@H]1NC(=O)[C@H](Cc2ccc(O)cc2)NC(=O)[C@H](CC(N)=O)NC(=O)[C@H](CCCN=C(N)N)NC(=O)[C@H](CO)NC(=O)[C@@H](C)NC1=O. The Morgan fingerprint density at radius 1 is 0.780 bits per heavy atom. The van der Waals surface area contributed by atoms with Crippen molar-refractivity contribution in [1.82, 2.24) is 31.9 Å². The second-order valence-corrected chi connectivity index (χ2v) is 12.0. The molecule has 0 saturated carbocycles. The van der Waals surface area contributed by atoms with Gasteiger partial charge < -0.3 is 59.3 Å². The standard InChI is InChI=1S/C31H48N10O9/c1-4-15(2)24-30(50)36-16(3)25(45)40-22(14-42)29(49)37-19(6-5-11-35-31(33)34)26(46)39-21(13-23(32)44)27(47)38-20(28(48)41-24)12-17-7-9-18(43)10-8-17/h7-10,15-16,19-22,24,42-43H,4-6,11-14H2,1-3H3,(H2,32,44)(H,36,50)(H,37,49)(H,38,47)(H,39,46)(H,40,45)(H,41,48)(H4,33,34,35)/t15-,16+,19-,20-,21-,22-,24-/m0/s1. The van der Waals surface area contributed by atoms with E-state index in [1.165, 1.54) is 31.2 Å². The number of hydrogen-bond donors (Lipinski definition) is 11. The molecular formula is C31H48N10O9. The zero-order valence-corrected chi connectivity index (χ0v) is 28.2. The van der Waals surface area contributed by atoms with Gasteiger partial charge in [-0.05, 0) is 43.4 Å². The Labute approximate surface area is 288 Å². The van der Waals surface area contributed by atoms with E-state index >= 15 is 0 Å².